The van der Waals surface area contributed by atoms with Crippen molar-refractivity contribution in [2.75, 3.05) is 32.9 Å². The van der Waals surface area contributed by atoms with E-state index in [2.05, 4.69) is 0 Å². The van der Waals surface area contributed by atoms with Gasteiger partial charge in [0.05, 0.1) is 6.61 Å². The second-order valence-corrected chi connectivity index (χ2v) is 5.20. The molecule has 1 N–H and O–H groups in total. The number of nitrogens with zero attached hydrogens (tertiary/aromatic N) is 1. The largest absolute Gasteiger partial charge is 0.494 e. The highest BCUT2D eigenvalue weighted by Crippen LogP contribution is 2.19. The molecular formula is C16H23NO4. The fourth-order valence-corrected chi connectivity index (χ4v) is 2.40. The highest BCUT2D eigenvalue weighted by molar-refractivity contribution is 5.77. The van der Waals surface area contributed by atoms with E-state index in [0.29, 0.717) is 31.4 Å². The third kappa shape index (κ3) is 4.63. The van der Waals surface area contributed by atoms with E-state index in [-0.39, 0.29) is 19.1 Å². The first-order valence-electron chi connectivity index (χ1n) is 7.47. The van der Waals surface area contributed by atoms with Gasteiger partial charge in [-0.05, 0) is 49.9 Å². The summed E-state index contributed by atoms with van der Waals surface area (Å²) in [5.41, 5.74) is 0. The van der Waals surface area contributed by atoms with Crippen molar-refractivity contribution in [1.82, 2.24) is 4.90 Å². The molecule has 0 atom stereocenters. The number of rotatable bonds is 6. The molecule has 5 heteroatoms. The number of hydrogen-bond donors (Lipinski definition) is 1. The van der Waals surface area contributed by atoms with Crippen LogP contribution in [0.15, 0.2) is 24.3 Å². The molecule has 0 spiro atoms. The highest BCUT2D eigenvalue weighted by atomic mass is 16.5. The summed E-state index contributed by atoms with van der Waals surface area (Å²) >= 11 is 0. The molecule has 21 heavy (non-hydrogen) atoms. The molecule has 1 saturated heterocycles. The molecule has 0 bridgehead atoms. The second kappa shape index (κ2) is 7.88. The normalized spacial score (nSPS) is 15.8. The van der Waals surface area contributed by atoms with Gasteiger partial charge in [0, 0.05) is 19.7 Å². The van der Waals surface area contributed by atoms with E-state index in [0.717, 1.165) is 18.6 Å². The zero-order chi connectivity index (χ0) is 15.1. The van der Waals surface area contributed by atoms with Gasteiger partial charge in [-0.15, -0.1) is 0 Å². The molecule has 0 unspecified atom stereocenters. The average Bonchev–Trinajstić information content (AvgIpc) is 2.54. The van der Waals surface area contributed by atoms with Gasteiger partial charge in [0.15, 0.2) is 6.61 Å². The Labute approximate surface area is 125 Å². The van der Waals surface area contributed by atoms with Gasteiger partial charge in [-0.25, -0.2) is 0 Å². The number of ether oxygens (including phenoxy) is 2. The van der Waals surface area contributed by atoms with Crippen LogP contribution in [0.3, 0.4) is 0 Å². The smallest absolute Gasteiger partial charge is 0.260 e. The van der Waals surface area contributed by atoms with Crippen molar-refractivity contribution >= 4 is 5.91 Å². The molecule has 1 amide bonds. The summed E-state index contributed by atoms with van der Waals surface area (Å²) in [6.07, 6.45) is 1.73. The zero-order valence-corrected chi connectivity index (χ0v) is 12.5. The van der Waals surface area contributed by atoms with E-state index in [1.807, 2.05) is 19.1 Å². The van der Waals surface area contributed by atoms with Crippen LogP contribution >= 0.6 is 0 Å². The van der Waals surface area contributed by atoms with Crippen molar-refractivity contribution in [3.63, 3.8) is 0 Å². The minimum atomic E-state index is 0.000254. The summed E-state index contributed by atoms with van der Waals surface area (Å²) in [7, 11) is 0. The Hall–Kier alpha value is -1.75. The Morgan fingerprint density at radius 1 is 1.19 bits per heavy atom. The van der Waals surface area contributed by atoms with Crippen molar-refractivity contribution in [1.29, 1.82) is 0 Å². The Morgan fingerprint density at radius 2 is 1.76 bits per heavy atom. The Kier molecular flexibility index (Phi) is 5.87. The highest BCUT2D eigenvalue weighted by Gasteiger charge is 2.22. The maximum absolute atomic E-state index is 12.0. The molecular weight excluding hydrogens is 270 g/mol. The van der Waals surface area contributed by atoms with Crippen molar-refractivity contribution in [3.05, 3.63) is 24.3 Å². The first-order valence-corrected chi connectivity index (χ1v) is 7.47. The van der Waals surface area contributed by atoms with Gasteiger partial charge < -0.3 is 19.5 Å². The number of piperidine rings is 1. The molecule has 1 aromatic rings. The Bertz CT molecular complexity index is 438. The summed E-state index contributed by atoms with van der Waals surface area (Å²) in [6, 6.07) is 7.26. The minimum Gasteiger partial charge on any atom is -0.494 e. The molecule has 2 rings (SSSR count). The van der Waals surface area contributed by atoms with Gasteiger partial charge in [-0.2, -0.15) is 0 Å². The number of aliphatic hydroxyl groups is 1. The van der Waals surface area contributed by atoms with E-state index in [1.165, 1.54) is 0 Å². The lowest BCUT2D eigenvalue weighted by Crippen LogP contribution is -2.41. The second-order valence-electron chi connectivity index (χ2n) is 5.20. The van der Waals surface area contributed by atoms with E-state index in [4.69, 9.17) is 14.6 Å². The van der Waals surface area contributed by atoms with E-state index in [1.54, 1.807) is 17.0 Å². The summed E-state index contributed by atoms with van der Waals surface area (Å²) in [4.78, 5) is 13.9. The number of likely N-dealkylation sites (tertiary alicyclic amines) is 1. The van der Waals surface area contributed by atoms with Crippen LogP contribution in [0.1, 0.15) is 19.8 Å². The van der Waals surface area contributed by atoms with Gasteiger partial charge in [-0.1, -0.05) is 0 Å². The molecule has 0 radical (unpaired) electrons. The summed E-state index contributed by atoms with van der Waals surface area (Å²) in [5, 5.41) is 9.09. The zero-order valence-electron chi connectivity index (χ0n) is 12.5. The lowest BCUT2D eigenvalue weighted by atomic mass is 9.98. The standard InChI is InChI=1S/C16H23NO4/c1-2-20-14-3-5-15(6-4-14)21-12-16(19)17-9-7-13(11-18)8-10-17/h3-6,13,18H,2,7-12H2,1H3. The van der Waals surface area contributed by atoms with E-state index >= 15 is 0 Å². The monoisotopic (exact) mass is 293 g/mol. The van der Waals surface area contributed by atoms with Crippen LogP contribution in [0.5, 0.6) is 11.5 Å². The molecule has 1 aromatic carbocycles. The number of amides is 1. The van der Waals surface area contributed by atoms with E-state index < -0.39 is 0 Å². The number of carbonyl (C=O) groups is 1. The molecule has 0 saturated carbocycles. The van der Waals surface area contributed by atoms with Gasteiger partial charge in [0.1, 0.15) is 11.5 Å². The van der Waals surface area contributed by atoms with Crippen LogP contribution in [0.25, 0.3) is 0 Å². The van der Waals surface area contributed by atoms with Crippen LogP contribution in [-0.2, 0) is 4.79 Å². The quantitative estimate of drug-likeness (QED) is 0.867. The third-order valence-corrected chi connectivity index (χ3v) is 3.72. The molecule has 116 valence electrons. The van der Waals surface area contributed by atoms with Gasteiger partial charge >= 0.3 is 0 Å². The molecule has 0 aromatic heterocycles. The number of benzene rings is 1. The van der Waals surface area contributed by atoms with Crippen molar-refractivity contribution in [2.24, 2.45) is 5.92 Å². The topological polar surface area (TPSA) is 59.0 Å². The molecule has 0 aliphatic carbocycles. The lowest BCUT2D eigenvalue weighted by molar-refractivity contribution is -0.134. The molecule has 5 nitrogen and oxygen atoms in total. The SMILES string of the molecule is CCOc1ccc(OCC(=O)N2CCC(CO)CC2)cc1. The first-order chi connectivity index (χ1) is 10.2. The summed E-state index contributed by atoms with van der Waals surface area (Å²) in [6.45, 7) is 4.24. The van der Waals surface area contributed by atoms with Gasteiger partial charge in [0.2, 0.25) is 0 Å². The molecule has 1 fully saturated rings. The van der Waals surface area contributed by atoms with Crippen LogP contribution in [0, 0.1) is 5.92 Å². The van der Waals surface area contributed by atoms with Crippen LogP contribution in [-0.4, -0.2) is 48.8 Å². The average molecular weight is 293 g/mol. The molecule has 1 heterocycles. The fraction of sp³-hybridized carbons (Fsp3) is 0.562. The predicted molar refractivity (Wildman–Crippen MR) is 79.5 cm³/mol. The lowest BCUT2D eigenvalue weighted by Gasteiger charge is -2.31. The van der Waals surface area contributed by atoms with Crippen LogP contribution in [0.4, 0.5) is 0 Å². The van der Waals surface area contributed by atoms with Crippen molar-refractivity contribution < 1.29 is 19.4 Å². The molecule has 1 aliphatic heterocycles. The van der Waals surface area contributed by atoms with Crippen molar-refractivity contribution in [3.8, 4) is 11.5 Å². The number of carbonyl (C=O) groups excluding carboxylic acids is 1. The molecule has 1 aliphatic rings. The van der Waals surface area contributed by atoms with Crippen LogP contribution in [0.2, 0.25) is 0 Å². The van der Waals surface area contributed by atoms with Gasteiger partial charge in [0.25, 0.3) is 5.91 Å². The Morgan fingerprint density at radius 3 is 2.29 bits per heavy atom. The predicted octanol–water partition coefficient (Wildman–Crippen LogP) is 1.69. The minimum absolute atomic E-state index is 0.000254. The number of aliphatic hydroxyl groups excluding tert-OH is 1. The third-order valence-electron chi connectivity index (χ3n) is 3.72. The Balaban J connectivity index is 1.76. The van der Waals surface area contributed by atoms with Crippen molar-refractivity contribution in [2.45, 2.75) is 19.8 Å². The first kappa shape index (κ1) is 15.6. The maximum Gasteiger partial charge on any atom is 0.260 e. The summed E-state index contributed by atoms with van der Waals surface area (Å²) in [5.74, 6) is 1.79. The summed E-state index contributed by atoms with van der Waals surface area (Å²) < 4.78 is 10.9. The maximum atomic E-state index is 12.0. The van der Waals surface area contributed by atoms with Gasteiger partial charge in [-0.3, -0.25) is 4.79 Å². The number of hydrogen-bond acceptors (Lipinski definition) is 4. The van der Waals surface area contributed by atoms with Crippen LogP contribution < -0.4 is 9.47 Å². The fourth-order valence-electron chi connectivity index (χ4n) is 2.40. The van der Waals surface area contributed by atoms with E-state index in [9.17, 15) is 4.79 Å².